The summed E-state index contributed by atoms with van der Waals surface area (Å²) in [6.45, 7) is 3.58. The first-order chi connectivity index (χ1) is 6.90. The van der Waals surface area contributed by atoms with Crippen LogP contribution in [0.15, 0.2) is 0 Å². The van der Waals surface area contributed by atoms with Gasteiger partial charge >= 0.3 is 0 Å². The predicted octanol–water partition coefficient (Wildman–Crippen LogP) is 0.432. The fourth-order valence-electron chi connectivity index (χ4n) is 2.14. The zero-order valence-electron chi connectivity index (χ0n) is 9.19. The molecule has 2 fully saturated rings. The Morgan fingerprint density at radius 1 is 1.40 bits per heavy atom. The maximum absolute atomic E-state index is 12.0. The van der Waals surface area contributed by atoms with Gasteiger partial charge in [0, 0.05) is 19.3 Å². The molecule has 0 bridgehead atoms. The predicted molar refractivity (Wildman–Crippen MR) is 57.2 cm³/mol. The van der Waals surface area contributed by atoms with Crippen molar-refractivity contribution in [3.05, 3.63) is 0 Å². The van der Waals surface area contributed by atoms with Gasteiger partial charge in [0.05, 0.1) is 0 Å². The molecular formula is C10H17NO3S. The summed E-state index contributed by atoms with van der Waals surface area (Å²) in [5.41, 5.74) is 0. The third-order valence-corrected chi connectivity index (χ3v) is 5.63. The first-order valence-corrected chi connectivity index (χ1v) is 7.29. The number of carbonyl (C=O) groups is 1. The van der Waals surface area contributed by atoms with Crippen molar-refractivity contribution in [2.24, 2.45) is 5.92 Å². The minimum atomic E-state index is -3.23. The molecule has 0 aromatic carbocycles. The molecule has 0 aromatic rings. The summed E-state index contributed by atoms with van der Waals surface area (Å²) < 4.78 is 22.0. The van der Waals surface area contributed by atoms with Crippen LogP contribution >= 0.6 is 0 Å². The normalized spacial score (nSPS) is 24.8. The average molecular weight is 231 g/mol. The Labute approximate surface area is 90.6 Å². The van der Waals surface area contributed by atoms with Crippen LogP contribution in [0.2, 0.25) is 0 Å². The lowest BCUT2D eigenvalue weighted by Crippen LogP contribution is -2.55. The Balaban J connectivity index is 2.05. The second-order valence-corrected chi connectivity index (χ2v) is 7.08. The van der Waals surface area contributed by atoms with Crippen LogP contribution in [-0.2, 0) is 14.6 Å². The van der Waals surface area contributed by atoms with Crippen LogP contribution < -0.4 is 0 Å². The van der Waals surface area contributed by atoms with Gasteiger partial charge in [-0.05, 0) is 25.2 Å². The van der Waals surface area contributed by atoms with E-state index in [1.54, 1.807) is 4.90 Å². The molecule has 0 spiro atoms. The molecule has 1 saturated carbocycles. The van der Waals surface area contributed by atoms with Crippen molar-refractivity contribution in [2.75, 3.05) is 19.3 Å². The smallest absolute Gasteiger partial charge is 0.244 e. The van der Waals surface area contributed by atoms with Gasteiger partial charge in [0.15, 0.2) is 14.6 Å². The van der Waals surface area contributed by atoms with E-state index in [0.717, 1.165) is 19.5 Å². The summed E-state index contributed by atoms with van der Waals surface area (Å²) in [7, 11) is -3.23. The van der Waals surface area contributed by atoms with Crippen molar-refractivity contribution in [3.63, 3.8) is 0 Å². The Hall–Kier alpha value is -0.580. The number of sulfone groups is 1. The lowest BCUT2D eigenvalue weighted by Gasteiger charge is -2.40. The molecule has 1 saturated heterocycles. The van der Waals surface area contributed by atoms with Gasteiger partial charge < -0.3 is 4.90 Å². The topological polar surface area (TPSA) is 54.5 Å². The van der Waals surface area contributed by atoms with Gasteiger partial charge in [-0.2, -0.15) is 0 Å². The van der Waals surface area contributed by atoms with Crippen LogP contribution in [0.25, 0.3) is 0 Å². The number of carbonyl (C=O) groups excluding carboxylic acids is 1. The van der Waals surface area contributed by atoms with Crippen molar-refractivity contribution in [3.8, 4) is 0 Å². The highest BCUT2D eigenvalue weighted by Gasteiger charge is 2.60. The summed E-state index contributed by atoms with van der Waals surface area (Å²) in [5, 5.41) is 0. The third-order valence-electron chi connectivity index (χ3n) is 3.63. The van der Waals surface area contributed by atoms with Crippen LogP contribution in [0.3, 0.4) is 0 Å². The first kappa shape index (κ1) is 10.9. The molecule has 15 heavy (non-hydrogen) atoms. The van der Waals surface area contributed by atoms with Crippen molar-refractivity contribution < 1.29 is 13.2 Å². The SMILES string of the molecule is CCC1CN(C(=O)C2(S(C)(=O)=O)CC2)C1. The van der Waals surface area contributed by atoms with Gasteiger partial charge in [0.25, 0.3) is 0 Å². The number of amides is 1. The van der Waals surface area contributed by atoms with Gasteiger partial charge in [-0.15, -0.1) is 0 Å². The van der Waals surface area contributed by atoms with Gasteiger partial charge in [-0.3, -0.25) is 4.79 Å². The molecule has 1 heterocycles. The minimum absolute atomic E-state index is 0.158. The molecule has 0 aromatic heterocycles. The Morgan fingerprint density at radius 2 is 1.93 bits per heavy atom. The molecular weight excluding hydrogens is 214 g/mol. The summed E-state index contributed by atoms with van der Waals surface area (Å²) >= 11 is 0. The molecule has 5 heteroatoms. The molecule has 1 amide bonds. The van der Waals surface area contributed by atoms with Crippen LogP contribution in [-0.4, -0.2) is 43.3 Å². The zero-order chi connectivity index (χ0) is 11.3. The van der Waals surface area contributed by atoms with E-state index in [2.05, 4.69) is 6.92 Å². The second kappa shape index (κ2) is 3.20. The van der Waals surface area contributed by atoms with E-state index in [9.17, 15) is 13.2 Å². The molecule has 0 N–H and O–H groups in total. The summed E-state index contributed by atoms with van der Waals surface area (Å²) in [5.74, 6) is 0.416. The molecule has 0 unspecified atom stereocenters. The summed E-state index contributed by atoms with van der Waals surface area (Å²) in [6.07, 6.45) is 3.26. The number of nitrogens with zero attached hydrogens (tertiary/aromatic N) is 1. The van der Waals surface area contributed by atoms with Crippen molar-refractivity contribution >= 4 is 15.7 Å². The van der Waals surface area contributed by atoms with Crippen molar-refractivity contribution in [1.29, 1.82) is 0 Å². The van der Waals surface area contributed by atoms with E-state index < -0.39 is 14.6 Å². The number of likely N-dealkylation sites (tertiary alicyclic amines) is 1. The molecule has 86 valence electrons. The lowest BCUT2D eigenvalue weighted by atomic mass is 9.97. The Bertz CT molecular complexity index is 377. The van der Waals surface area contributed by atoms with E-state index in [4.69, 9.17) is 0 Å². The van der Waals surface area contributed by atoms with E-state index in [1.807, 2.05) is 0 Å². The second-order valence-electron chi connectivity index (χ2n) is 4.75. The number of hydrogen-bond donors (Lipinski definition) is 0. The summed E-state index contributed by atoms with van der Waals surface area (Å²) in [4.78, 5) is 13.7. The van der Waals surface area contributed by atoms with Crippen molar-refractivity contribution in [1.82, 2.24) is 4.90 Å². The van der Waals surface area contributed by atoms with Crippen LogP contribution in [0.4, 0.5) is 0 Å². The zero-order valence-corrected chi connectivity index (χ0v) is 10.0. The third kappa shape index (κ3) is 1.57. The largest absolute Gasteiger partial charge is 0.341 e. The van der Waals surface area contributed by atoms with Crippen LogP contribution in [0.5, 0.6) is 0 Å². The van der Waals surface area contributed by atoms with Gasteiger partial charge in [0.1, 0.15) is 0 Å². The average Bonchev–Trinajstić information content (AvgIpc) is 2.79. The van der Waals surface area contributed by atoms with Gasteiger partial charge in [-0.25, -0.2) is 8.42 Å². The number of hydrogen-bond acceptors (Lipinski definition) is 3. The Morgan fingerprint density at radius 3 is 2.27 bits per heavy atom. The molecule has 0 radical (unpaired) electrons. The molecule has 2 aliphatic rings. The van der Waals surface area contributed by atoms with Gasteiger partial charge in [-0.1, -0.05) is 6.92 Å². The van der Waals surface area contributed by atoms with E-state index in [0.29, 0.717) is 18.8 Å². The molecule has 0 atom stereocenters. The van der Waals surface area contributed by atoms with E-state index in [1.165, 1.54) is 6.26 Å². The lowest BCUT2D eigenvalue weighted by molar-refractivity contribution is -0.137. The van der Waals surface area contributed by atoms with Crippen LogP contribution in [0, 0.1) is 5.92 Å². The van der Waals surface area contributed by atoms with Crippen molar-refractivity contribution in [2.45, 2.75) is 30.9 Å². The number of rotatable bonds is 3. The highest BCUT2D eigenvalue weighted by Crippen LogP contribution is 2.45. The fourth-order valence-corrected chi connectivity index (χ4v) is 3.43. The van der Waals surface area contributed by atoms with Crippen LogP contribution in [0.1, 0.15) is 26.2 Å². The van der Waals surface area contributed by atoms with Gasteiger partial charge in [0.2, 0.25) is 5.91 Å². The molecule has 2 rings (SSSR count). The first-order valence-electron chi connectivity index (χ1n) is 5.39. The maximum atomic E-state index is 12.0. The summed E-state index contributed by atoms with van der Waals surface area (Å²) in [6, 6.07) is 0. The molecule has 1 aliphatic heterocycles. The maximum Gasteiger partial charge on any atom is 0.244 e. The molecule has 1 aliphatic carbocycles. The Kier molecular flexibility index (Phi) is 2.33. The standard InChI is InChI=1S/C10H17NO3S/c1-3-8-6-11(7-8)9(12)10(4-5-10)15(2,13)14/h8H,3-7H2,1-2H3. The van der Waals surface area contributed by atoms with E-state index >= 15 is 0 Å². The fraction of sp³-hybridized carbons (Fsp3) is 0.900. The minimum Gasteiger partial charge on any atom is -0.341 e. The molecule has 4 nitrogen and oxygen atoms in total. The highest BCUT2D eigenvalue weighted by atomic mass is 32.2. The monoisotopic (exact) mass is 231 g/mol. The van der Waals surface area contributed by atoms with E-state index in [-0.39, 0.29) is 5.91 Å². The highest BCUT2D eigenvalue weighted by molar-refractivity contribution is 7.93. The quantitative estimate of drug-likeness (QED) is 0.708.